The molecule has 1 amide bonds. The predicted octanol–water partition coefficient (Wildman–Crippen LogP) is 2.25. The minimum atomic E-state index is -0.305. The van der Waals surface area contributed by atoms with Gasteiger partial charge >= 0.3 is 0 Å². The lowest BCUT2D eigenvalue weighted by molar-refractivity contribution is -0.124. The van der Waals surface area contributed by atoms with Gasteiger partial charge < -0.3 is 15.8 Å². The van der Waals surface area contributed by atoms with E-state index in [1.165, 1.54) is 0 Å². The number of hydrogen-bond donors (Lipinski definition) is 2. The third-order valence-corrected chi connectivity index (χ3v) is 4.14. The average molecular weight is 293 g/mol. The molecule has 0 aliphatic carbocycles. The Balaban J connectivity index is 0.00000324. The summed E-state index contributed by atoms with van der Waals surface area (Å²) in [7, 11) is 0. The maximum atomic E-state index is 11.9. The summed E-state index contributed by atoms with van der Waals surface area (Å²) in [5, 5.41) is 3.06. The minimum absolute atomic E-state index is 0. The van der Waals surface area contributed by atoms with E-state index in [1.54, 1.807) is 0 Å². The van der Waals surface area contributed by atoms with Gasteiger partial charge in [0.1, 0.15) is 0 Å². The van der Waals surface area contributed by atoms with Gasteiger partial charge in [-0.1, -0.05) is 13.8 Å². The Bertz CT molecular complexity index is 287. The Hall–Kier alpha value is -0.320. The first kappa shape index (κ1) is 18.7. The van der Waals surface area contributed by atoms with Crippen LogP contribution in [-0.2, 0) is 9.53 Å². The van der Waals surface area contributed by atoms with Crippen molar-refractivity contribution in [1.29, 1.82) is 0 Å². The van der Waals surface area contributed by atoms with E-state index in [2.05, 4.69) is 26.1 Å². The van der Waals surface area contributed by atoms with Crippen LogP contribution in [0.1, 0.15) is 53.4 Å². The maximum absolute atomic E-state index is 11.9. The van der Waals surface area contributed by atoms with Gasteiger partial charge in [0.2, 0.25) is 5.91 Å². The fourth-order valence-electron chi connectivity index (χ4n) is 2.20. The number of halogens is 1. The number of hydrogen-bond acceptors (Lipinski definition) is 3. The van der Waals surface area contributed by atoms with Crippen molar-refractivity contribution in [3.8, 4) is 0 Å². The van der Waals surface area contributed by atoms with Crippen molar-refractivity contribution in [2.24, 2.45) is 11.7 Å². The van der Waals surface area contributed by atoms with E-state index < -0.39 is 0 Å². The topological polar surface area (TPSA) is 64.4 Å². The Morgan fingerprint density at radius 3 is 2.53 bits per heavy atom. The highest BCUT2D eigenvalue weighted by Crippen LogP contribution is 2.23. The SMILES string of the molecule is CC1CCC(CCC(=O)NC(C)(CN)C(C)C)O1.Cl. The zero-order valence-electron chi connectivity index (χ0n) is 12.6. The molecule has 1 aliphatic heterocycles. The van der Waals surface area contributed by atoms with Crippen LogP contribution >= 0.6 is 12.4 Å². The van der Waals surface area contributed by atoms with Crippen LogP contribution in [0.2, 0.25) is 0 Å². The van der Waals surface area contributed by atoms with Crippen LogP contribution in [0, 0.1) is 5.92 Å². The highest BCUT2D eigenvalue weighted by atomic mass is 35.5. The van der Waals surface area contributed by atoms with Crippen molar-refractivity contribution >= 4 is 18.3 Å². The molecule has 0 saturated carbocycles. The summed E-state index contributed by atoms with van der Waals surface area (Å²) in [4.78, 5) is 11.9. The van der Waals surface area contributed by atoms with E-state index in [0.29, 0.717) is 25.0 Å². The van der Waals surface area contributed by atoms with Gasteiger partial charge in [-0.25, -0.2) is 0 Å². The van der Waals surface area contributed by atoms with Crippen molar-refractivity contribution in [2.45, 2.75) is 71.1 Å². The molecule has 0 aromatic carbocycles. The molecule has 114 valence electrons. The summed E-state index contributed by atoms with van der Waals surface area (Å²) >= 11 is 0. The molecule has 19 heavy (non-hydrogen) atoms. The number of rotatable bonds is 6. The normalized spacial score (nSPS) is 25.8. The van der Waals surface area contributed by atoms with Crippen LogP contribution in [0.5, 0.6) is 0 Å². The van der Waals surface area contributed by atoms with Crippen LogP contribution in [0.3, 0.4) is 0 Å². The lowest BCUT2D eigenvalue weighted by atomic mass is 9.88. The van der Waals surface area contributed by atoms with E-state index in [4.69, 9.17) is 10.5 Å². The molecule has 1 fully saturated rings. The summed E-state index contributed by atoms with van der Waals surface area (Å²) in [6.07, 6.45) is 4.14. The van der Waals surface area contributed by atoms with Crippen LogP contribution in [-0.4, -0.2) is 30.2 Å². The minimum Gasteiger partial charge on any atom is -0.375 e. The first-order chi connectivity index (χ1) is 8.37. The zero-order chi connectivity index (χ0) is 13.8. The van der Waals surface area contributed by atoms with E-state index in [9.17, 15) is 4.79 Å². The molecule has 3 unspecified atom stereocenters. The molecule has 0 bridgehead atoms. The second kappa shape index (κ2) is 8.08. The van der Waals surface area contributed by atoms with Gasteiger partial charge in [-0.05, 0) is 39.0 Å². The second-order valence-corrected chi connectivity index (χ2v) is 6.01. The summed E-state index contributed by atoms with van der Waals surface area (Å²) in [5.74, 6) is 0.411. The van der Waals surface area contributed by atoms with Gasteiger partial charge in [0, 0.05) is 13.0 Å². The van der Waals surface area contributed by atoms with Crippen LogP contribution < -0.4 is 11.1 Å². The number of carbonyl (C=O) groups excluding carboxylic acids is 1. The van der Waals surface area contributed by atoms with E-state index in [-0.39, 0.29) is 30.0 Å². The number of nitrogens with two attached hydrogens (primary N) is 1. The summed E-state index contributed by atoms with van der Waals surface area (Å²) in [5.41, 5.74) is 5.45. The second-order valence-electron chi connectivity index (χ2n) is 6.01. The maximum Gasteiger partial charge on any atom is 0.220 e. The van der Waals surface area contributed by atoms with Gasteiger partial charge in [0.05, 0.1) is 17.7 Å². The van der Waals surface area contributed by atoms with E-state index >= 15 is 0 Å². The Kier molecular flexibility index (Phi) is 7.94. The standard InChI is InChI=1S/C14H28N2O2.ClH/c1-10(2)14(4,9-15)16-13(17)8-7-12-6-5-11(3)18-12;/h10-12H,5-9,15H2,1-4H3,(H,16,17);1H. The van der Waals surface area contributed by atoms with Gasteiger partial charge in [-0.2, -0.15) is 0 Å². The first-order valence-corrected chi connectivity index (χ1v) is 7.04. The predicted molar refractivity (Wildman–Crippen MR) is 80.5 cm³/mol. The lowest BCUT2D eigenvalue weighted by Crippen LogP contribution is -2.55. The molecule has 1 heterocycles. The smallest absolute Gasteiger partial charge is 0.220 e. The Morgan fingerprint density at radius 1 is 1.47 bits per heavy atom. The average Bonchev–Trinajstić information content (AvgIpc) is 2.72. The molecule has 0 spiro atoms. The summed E-state index contributed by atoms with van der Waals surface area (Å²) < 4.78 is 5.71. The van der Waals surface area contributed by atoms with Gasteiger partial charge in [-0.3, -0.25) is 4.79 Å². The molecule has 0 aromatic heterocycles. The molecule has 3 atom stereocenters. The van der Waals surface area contributed by atoms with E-state index in [0.717, 1.165) is 19.3 Å². The molecule has 3 N–H and O–H groups in total. The van der Waals surface area contributed by atoms with Gasteiger partial charge in [0.15, 0.2) is 0 Å². The molecule has 5 heteroatoms. The molecule has 4 nitrogen and oxygen atoms in total. The van der Waals surface area contributed by atoms with Crippen molar-refractivity contribution in [2.75, 3.05) is 6.54 Å². The first-order valence-electron chi connectivity index (χ1n) is 7.04. The van der Waals surface area contributed by atoms with Crippen LogP contribution in [0.4, 0.5) is 0 Å². The van der Waals surface area contributed by atoms with Crippen LogP contribution in [0.25, 0.3) is 0 Å². The van der Waals surface area contributed by atoms with Gasteiger partial charge in [-0.15, -0.1) is 12.4 Å². The monoisotopic (exact) mass is 292 g/mol. The molecular weight excluding hydrogens is 264 g/mol. The van der Waals surface area contributed by atoms with Crippen molar-refractivity contribution in [1.82, 2.24) is 5.32 Å². The van der Waals surface area contributed by atoms with Crippen LogP contribution in [0.15, 0.2) is 0 Å². The molecule has 1 rings (SSSR count). The number of ether oxygens (including phenoxy) is 1. The fraction of sp³-hybridized carbons (Fsp3) is 0.929. The van der Waals surface area contributed by atoms with Crippen molar-refractivity contribution < 1.29 is 9.53 Å². The highest BCUT2D eigenvalue weighted by molar-refractivity contribution is 5.85. The highest BCUT2D eigenvalue weighted by Gasteiger charge is 2.29. The lowest BCUT2D eigenvalue weighted by Gasteiger charge is -2.33. The third-order valence-electron chi connectivity index (χ3n) is 4.14. The molecule has 0 aromatic rings. The van der Waals surface area contributed by atoms with Gasteiger partial charge in [0.25, 0.3) is 0 Å². The number of carbonyl (C=O) groups is 1. The molecular formula is C14H29ClN2O2. The summed E-state index contributed by atoms with van der Waals surface area (Å²) in [6, 6.07) is 0. The molecule has 1 aliphatic rings. The van der Waals surface area contributed by atoms with E-state index in [1.807, 2.05) is 6.92 Å². The van der Waals surface area contributed by atoms with Crippen molar-refractivity contribution in [3.05, 3.63) is 0 Å². The molecule has 1 saturated heterocycles. The third kappa shape index (κ3) is 5.67. The Labute approximate surface area is 123 Å². The Morgan fingerprint density at radius 2 is 2.11 bits per heavy atom. The number of amides is 1. The van der Waals surface area contributed by atoms with Crippen molar-refractivity contribution in [3.63, 3.8) is 0 Å². The quantitative estimate of drug-likeness (QED) is 0.789. The largest absolute Gasteiger partial charge is 0.375 e. The number of nitrogens with one attached hydrogen (secondary N) is 1. The zero-order valence-corrected chi connectivity index (χ0v) is 13.4. The molecule has 0 radical (unpaired) electrons. The fourth-order valence-corrected chi connectivity index (χ4v) is 2.20. The summed E-state index contributed by atoms with van der Waals surface area (Å²) in [6.45, 7) is 8.71.